The average molecular weight is 518 g/mol. The smallest absolute Gasteiger partial charge is 0.191 e. The fourth-order valence-corrected chi connectivity index (χ4v) is 10.7. The summed E-state index contributed by atoms with van der Waals surface area (Å²) in [5.74, 6) is 0. The lowest BCUT2D eigenvalue weighted by molar-refractivity contribution is 0.277. The second-order valence-corrected chi connectivity index (χ2v) is 23.2. The molecule has 34 heavy (non-hydrogen) atoms. The van der Waals surface area contributed by atoms with Gasteiger partial charge >= 0.3 is 0 Å². The van der Waals surface area contributed by atoms with E-state index in [9.17, 15) is 4.21 Å². The Labute approximate surface area is 213 Å². The fourth-order valence-electron chi connectivity index (χ4n) is 3.90. The lowest BCUT2D eigenvalue weighted by Crippen LogP contribution is -2.69. The van der Waals surface area contributed by atoms with Gasteiger partial charge in [0.15, 0.2) is 8.32 Å². The zero-order valence-electron chi connectivity index (χ0n) is 22.9. The summed E-state index contributed by atoms with van der Waals surface area (Å²) in [7, 11) is -5.10. The summed E-state index contributed by atoms with van der Waals surface area (Å²) in [6.45, 7) is 20.9. The molecule has 0 saturated heterocycles. The van der Waals surface area contributed by atoms with Crippen LogP contribution in [0.2, 0.25) is 24.7 Å². The summed E-state index contributed by atoms with van der Waals surface area (Å²) in [5, 5.41) is 2.98. The van der Waals surface area contributed by atoms with Crippen LogP contribution in [0.1, 0.15) is 60.8 Å². The Kier molecular flexibility index (Phi) is 10.1. The van der Waals surface area contributed by atoms with Crippen LogP contribution in [0.5, 0.6) is 0 Å². The molecule has 0 aromatic heterocycles. The first-order valence-electron chi connectivity index (χ1n) is 12.6. The molecule has 6 heteroatoms. The first kappa shape index (κ1) is 29.2. The molecule has 0 bridgehead atoms. The van der Waals surface area contributed by atoms with E-state index in [0.29, 0.717) is 0 Å². The van der Waals surface area contributed by atoms with E-state index in [4.69, 9.17) is 4.43 Å². The molecule has 2 atom stereocenters. The van der Waals surface area contributed by atoms with Gasteiger partial charge in [-0.15, -0.1) is 0 Å². The molecule has 0 aliphatic rings. The molecule has 1 N–H and O–H groups in total. The van der Waals surface area contributed by atoms with Gasteiger partial charge in [0.2, 0.25) is 0 Å². The highest BCUT2D eigenvalue weighted by Gasteiger charge is 2.42. The molecule has 0 saturated carbocycles. The summed E-state index contributed by atoms with van der Waals surface area (Å²) >= 11 is 0. The number of unbranched alkanes of at least 4 members (excludes halogenated alkanes) is 1. The highest BCUT2D eigenvalue weighted by molar-refractivity contribution is 7.84. The van der Waals surface area contributed by atoms with Crippen molar-refractivity contribution in [3.63, 3.8) is 0 Å². The predicted octanol–water partition coefficient (Wildman–Crippen LogP) is 6.03. The molecule has 3 nitrogen and oxygen atoms in total. The van der Waals surface area contributed by atoms with Gasteiger partial charge in [-0.05, 0) is 58.2 Å². The summed E-state index contributed by atoms with van der Waals surface area (Å²) in [6, 6.07) is 21.7. The molecule has 0 radical (unpaired) electrons. The standard InChI is InChI=1S/C28H47NO2SSi2/c1-27(2,3)32(30)29-26(22-16-17-23-31-33(7,8)28(4,5)6)34(9,24-18-12-10-13-19-24)25-20-14-11-15-21-25/h10-15,18-21,26,29H,16-17,22-23H2,1-9H3/t26-,32-/m1/s1. The molecular weight excluding hydrogens is 471 g/mol. The largest absolute Gasteiger partial charge is 0.417 e. The molecule has 0 amide bonds. The van der Waals surface area contributed by atoms with E-state index < -0.39 is 27.4 Å². The molecular formula is C28H47NO2SSi2. The Bertz CT molecular complexity index is 866. The van der Waals surface area contributed by atoms with Gasteiger partial charge in [-0.25, -0.2) is 8.93 Å². The number of hydrogen-bond donors (Lipinski definition) is 1. The summed E-state index contributed by atoms with van der Waals surface area (Å²) in [5.41, 5.74) is 0.158. The Morgan fingerprint density at radius 1 is 0.824 bits per heavy atom. The van der Waals surface area contributed by atoms with Gasteiger partial charge < -0.3 is 4.43 Å². The highest BCUT2D eigenvalue weighted by atomic mass is 32.2. The SMILES string of the molecule is CC(C)(C)[S@@](=O)N[C@@H](CCCCO[Si](C)(C)C(C)(C)C)[Si](C)(c1ccccc1)c1ccccc1. The minimum absolute atomic E-state index is 0.158. The third kappa shape index (κ3) is 7.47. The minimum Gasteiger partial charge on any atom is -0.417 e. The van der Waals surface area contributed by atoms with E-state index >= 15 is 0 Å². The van der Waals surface area contributed by atoms with Gasteiger partial charge in [0.05, 0.1) is 15.7 Å². The van der Waals surface area contributed by atoms with Crippen LogP contribution in [0.25, 0.3) is 0 Å². The molecule has 190 valence electrons. The van der Waals surface area contributed by atoms with Gasteiger partial charge in [-0.3, -0.25) is 0 Å². The first-order chi connectivity index (χ1) is 15.7. The van der Waals surface area contributed by atoms with Gasteiger partial charge in [0.25, 0.3) is 0 Å². The van der Waals surface area contributed by atoms with Gasteiger partial charge in [0.1, 0.15) is 8.07 Å². The maximum Gasteiger partial charge on any atom is 0.191 e. The van der Waals surface area contributed by atoms with Crippen molar-refractivity contribution in [2.24, 2.45) is 0 Å². The van der Waals surface area contributed by atoms with Crippen LogP contribution in [0.3, 0.4) is 0 Å². The van der Waals surface area contributed by atoms with Crippen LogP contribution in [-0.2, 0) is 15.4 Å². The second kappa shape index (κ2) is 11.8. The quantitative estimate of drug-likeness (QED) is 0.292. The molecule has 0 spiro atoms. The summed E-state index contributed by atoms with van der Waals surface area (Å²) in [6.07, 6.45) is 3.06. The Hall–Kier alpha value is -1.06. The molecule has 0 aliphatic carbocycles. The van der Waals surface area contributed by atoms with Crippen LogP contribution in [-0.4, -0.2) is 37.6 Å². The van der Waals surface area contributed by atoms with Crippen LogP contribution in [0, 0.1) is 0 Å². The van der Waals surface area contributed by atoms with Crippen molar-refractivity contribution in [2.75, 3.05) is 6.61 Å². The first-order valence-corrected chi connectivity index (χ1v) is 19.3. The zero-order chi connectivity index (χ0) is 25.6. The number of hydrogen-bond acceptors (Lipinski definition) is 2. The molecule has 2 aromatic rings. The van der Waals surface area contributed by atoms with E-state index in [2.05, 4.69) is 106 Å². The average Bonchev–Trinajstić information content (AvgIpc) is 2.77. The second-order valence-electron chi connectivity index (χ2n) is 12.1. The van der Waals surface area contributed by atoms with Crippen LogP contribution < -0.4 is 15.1 Å². The van der Waals surface area contributed by atoms with Crippen LogP contribution in [0.15, 0.2) is 60.7 Å². The van der Waals surface area contributed by atoms with Crippen LogP contribution >= 0.6 is 0 Å². The number of benzene rings is 2. The monoisotopic (exact) mass is 517 g/mol. The molecule has 2 aromatic carbocycles. The summed E-state index contributed by atoms with van der Waals surface area (Å²) < 4.78 is 23.1. The fraction of sp³-hybridized carbons (Fsp3) is 0.571. The van der Waals surface area contributed by atoms with Gasteiger partial charge in [-0.1, -0.05) is 98.4 Å². The van der Waals surface area contributed by atoms with Crippen molar-refractivity contribution in [3.8, 4) is 0 Å². The predicted molar refractivity (Wildman–Crippen MR) is 156 cm³/mol. The highest BCUT2D eigenvalue weighted by Crippen LogP contribution is 2.36. The van der Waals surface area contributed by atoms with Gasteiger partial charge in [-0.2, -0.15) is 0 Å². The van der Waals surface area contributed by atoms with Crippen molar-refractivity contribution >= 4 is 37.8 Å². The molecule has 0 heterocycles. The van der Waals surface area contributed by atoms with Crippen molar-refractivity contribution < 1.29 is 8.63 Å². The topological polar surface area (TPSA) is 38.3 Å². The zero-order valence-corrected chi connectivity index (χ0v) is 25.7. The maximum atomic E-state index is 13.3. The number of nitrogens with one attached hydrogen (secondary N) is 1. The van der Waals surface area contributed by atoms with Gasteiger partial charge in [0, 0.05) is 12.3 Å². The summed E-state index contributed by atoms with van der Waals surface area (Å²) in [4.78, 5) is 0. The van der Waals surface area contributed by atoms with Crippen molar-refractivity contribution in [3.05, 3.63) is 60.7 Å². The van der Waals surface area contributed by atoms with E-state index in [1.54, 1.807) is 0 Å². The van der Waals surface area contributed by atoms with Crippen LogP contribution in [0.4, 0.5) is 0 Å². The lowest BCUT2D eigenvalue weighted by Gasteiger charge is -2.39. The molecule has 0 unspecified atom stereocenters. The Morgan fingerprint density at radius 2 is 1.29 bits per heavy atom. The van der Waals surface area contributed by atoms with E-state index in [1.165, 1.54) is 10.4 Å². The molecule has 2 rings (SSSR count). The van der Waals surface area contributed by atoms with Crippen molar-refractivity contribution in [2.45, 2.75) is 95.9 Å². The van der Waals surface area contributed by atoms with Crippen molar-refractivity contribution in [1.29, 1.82) is 0 Å². The van der Waals surface area contributed by atoms with E-state index in [0.717, 1.165) is 25.9 Å². The molecule has 0 aliphatic heterocycles. The van der Waals surface area contributed by atoms with E-state index in [1.807, 2.05) is 20.8 Å². The van der Waals surface area contributed by atoms with E-state index in [-0.39, 0.29) is 15.5 Å². The normalized spacial score (nSPS) is 15.2. The minimum atomic E-state index is -2.24. The maximum absolute atomic E-state index is 13.3. The third-order valence-electron chi connectivity index (χ3n) is 7.41. The van der Waals surface area contributed by atoms with Crippen molar-refractivity contribution in [1.82, 2.24) is 4.72 Å². The Balaban J connectivity index is 2.30. The third-order valence-corrected chi connectivity index (χ3v) is 18.7. The Morgan fingerprint density at radius 3 is 1.71 bits per heavy atom. The lowest BCUT2D eigenvalue weighted by atomic mass is 10.2. The number of rotatable bonds is 11. The molecule has 0 fully saturated rings.